The molecule has 624 valence electrons. The number of esters is 3. The second kappa shape index (κ2) is 52.7. The summed E-state index contributed by atoms with van der Waals surface area (Å²) in [4.78, 5) is 129. The van der Waals surface area contributed by atoms with Crippen molar-refractivity contribution in [2.75, 3.05) is 62.4 Å². The molecule has 0 amide bonds. The monoisotopic (exact) mass is 1820 g/mol. The molecule has 10 rings (SSSR count). The first kappa shape index (κ1) is 104. The third-order valence-corrected chi connectivity index (χ3v) is 17.9. The van der Waals surface area contributed by atoms with E-state index in [1.807, 2.05) is 37.6 Å². The van der Waals surface area contributed by atoms with Gasteiger partial charge in [0.05, 0.1) is 107 Å². The fraction of sp³-hybridized carbons (Fsp3) is 0.274. The van der Waals surface area contributed by atoms with Crippen LogP contribution in [0.25, 0.3) is 0 Å². The predicted octanol–water partition coefficient (Wildman–Crippen LogP) is 14.3. The van der Waals surface area contributed by atoms with Gasteiger partial charge in [-0.2, -0.15) is 0 Å². The van der Waals surface area contributed by atoms with E-state index in [0.29, 0.717) is 53.8 Å². The number of carbonyl (C=O) groups excluding carboxylic acids is 11. The maximum atomic E-state index is 13.1. The number of ketones is 8. The van der Waals surface area contributed by atoms with Gasteiger partial charge in [0.1, 0.15) is 29.1 Å². The Labute approximate surface area is 731 Å². The van der Waals surface area contributed by atoms with Crippen molar-refractivity contribution in [2.45, 2.75) is 107 Å². The van der Waals surface area contributed by atoms with E-state index in [1.54, 1.807) is 157 Å². The molecule has 0 aliphatic carbocycles. The molecule has 0 aliphatic heterocycles. The molecule has 5 aromatic carbocycles. The zero-order valence-corrected chi connectivity index (χ0v) is 74.6. The summed E-state index contributed by atoms with van der Waals surface area (Å²) in [5.41, 5.74) is 21.0. The quantitative estimate of drug-likeness (QED) is 0.00691. The van der Waals surface area contributed by atoms with Gasteiger partial charge in [-0.05, 0) is 184 Å². The van der Waals surface area contributed by atoms with Crippen LogP contribution in [0.5, 0.6) is 0 Å². The predicted molar refractivity (Wildman–Crippen MR) is 431 cm³/mol. The second-order valence-electron chi connectivity index (χ2n) is 26.0. The first-order valence-electron chi connectivity index (χ1n) is 36.1. The van der Waals surface area contributed by atoms with Crippen molar-refractivity contribution in [3.63, 3.8) is 0 Å². The Morgan fingerprint density at radius 3 is 0.890 bits per heavy atom. The van der Waals surface area contributed by atoms with Gasteiger partial charge in [0, 0.05) is 143 Å². The molecular weight excluding hydrogens is 1730 g/mol. The molecule has 10 aromatic rings. The van der Waals surface area contributed by atoms with Gasteiger partial charge in [-0.3, -0.25) is 38.4 Å². The van der Waals surface area contributed by atoms with Crippen LogP contribution in [0, 0.1) is 42.9 Å². The molecule has 25 nitrogen and oxygen atoms in total. The van der Waals surface area contributed by atoms with Crippen LogP contribution in [0.4, 0.5) is 39.0 Å². The third kappa shape index (κ3) is 36.0. The smallest absolute Gasteiger partial charge is 0.375 e. The fourth-order valence-corrected chi connectivity index (χ4v) is 11.1. The van der Waals surface area contributed by atoms with Gasteiger partial charge in [-0.1, -0.05) is 67.6 Å². The third-order valence-electron chi connectivity index (χ3n) is 16.2. The van der Waals surface area contributed by atoms with Crippen LogP contribution in [0.1, 0.15) is 152 Å². The maximum absolute atomic E-state index is 13.1. The number of nitrogens with two attached hydrogens (primary N) is 2. The molecule has 0 spiro atoms. The van der Waals surface area contributed by atoms with E-state index in [1.165, 1.54) is 79.7 Å². The van der Waals surface area contributed by atoms with E-state index >= 15 is 0 Å². The molecule has 5 heterocycles. The first-order chi connectivity index (χ1) is 54.5. The Bertz CT molecular complexity index is 4850. The number of aromatic nitrogens is 5. The van der Waals surface area contributed by atoms with Crippen molar-refractivity contribution in [1.29, 1.82) is 0 Å². The molecule has 2 unspecified atom stereocenters. The summed E-state index contributed by atoms with van der Waals surface area (Å²) in [5, 5.41) is 2.97. The fourth-order valence-electron chi connectivity index (χ4n) is 10.7. The minimum atomic E-state index is -1.77. The number of hydrogen-bond donors (Lipinski definition) is 3. The average molecular weight is 1820 g/mol. The Kier molecular flexibility index (Phi) is 46.4. The van der Waals surface area contributed by atoms with E-state index in [4.69, 9.17) is 11.5 Å². The molecule has 5 aromatic heterocycles. The Balaban J connectivity index is 0.000000494. The first-order valence-corrected chi connectivity index (χ1v) is 40.3. The minimum absolute atomic E-state index is 0. The van der Waals surface area contributed by atoms with Crippen molar-refractivity contribution < 1.29 is 169 Å². The molecule has 2 atom stereocenters. The van der Waals surface area contributed by atoms with Crippen LogP contribution in [-0.2, 0) is 150 Å². The number of nitrogens with zero attached hydrogens (tertiary/aromatic N) is 5. The van der Waals surface area contributed by atoms with E-state index in [0.717, 1.165) is 45.1 Å². The van der Waals surface area contributed by atoms with Crippen molar-refractivity contribution in [3.8, 4) is 0 Å². The van der Waals surface area contributed by atoms with Crippen LogP contribution in [-0.4, -0.2) is 138 Å². The summed E-state index contributed by atoms with van der Waals surface area (Å²) in [5.74, 6) is -8.89. The van der Waals surface area contributed by atoms with E-state index in [2.05, 4.69) is 19.5 Å². The second-order valence-corrected chi connectivity index (χ2v) is 29.8. The maximum Gasteiger partial charge on any atom is 0.375 e. The van der Waals surface area contributed by atoms with Gasteiger partial charge in [-0.25, -0.2) is 36.3 Å². The number of nitrogens with one attached hydrogen (secondary N) is 1. The number of aryl methyl sites for hydroxylation is 2. The topological polar surface area (TPSA) is 368 Å². The van der Waals surface area contributed by atoms with Crippen LogP contribution < -0.4 is 16.8 Å². The van der Waals surface area contributed by atoms with E-state index in [-0.39, 0.29) is 162 Å². The van der Waals surface area contributed by atoms with Crippen LogP contribution >= 0.6 is 15.6 Å². The largest absolute Gasteiger partial charge is 0.870 e. The normalized spacial score (nSPS) is 10.7. The number of nitrogen functional groups attached to an aromatic ring is 2. The Morgan fingerprint density at radius 1 is 0.373 bits per heavy atom. The van der Waals surface area contributed by atoms with Gasteiger partial charge >= 0.3 is 17.9 Å². The van der Waals surface area contributed by atoms with Crippen molar-refractivity contribution in [2.24, 2.45) is 0 Å². The molecule has 0 fully saturated rings. The van der Waals surface area contributed by atoms with Crippen LogP contribution in [0.15, 0.2) is 183 Å². The number of benzene rings is 5. The summed E-state index contributed by atoms with van der Waals surface area (Å²) in [6.45, 7) is 19.1. The van der Waals surface area contributed by atoms with E-state index < -0.39 is 87.5 Å². The summed E-state index contributed by atoms with van der Waals surface area (Å²) in [7, 11) is -2.89. The Hall–Kier alpha value is -10.1. The number of hydrogen-bond acceptors (Lipinski definition) is 20. The number of halogens is 5. The zero-order valence-electron chi connectivity index (χ0n) is 66.9. The molecule has 2 radical (unpaired) electrons. The molecule has 34 heteroatoms. The standard InChI is InChI=1S/C19H22FN2O5P.C18H18FNO4.C17H17FN2O4.C14H14FNO.C13H13FN2O.C3H9OP.H2O.2Y/c1-3-27-19(25)18(24)9-17(23)16-8-15(21-12-28(2)26)11-22(16)10-13-4-6-14(20)7-5-13;1-3-24-18(23)17(22)9-16(21)15-8-12(2)10-20(15)11-13-4-6-14(19)7-5-13;1-2-24-17(23)16(22)8-15(21)14-7-13(19)10-20(14)9-11-3-5-12(18)6-4-11;1-10-7-14(11(2)17)16(8-10)9-12-3-5-13(15)6-4-12;1-9(17)13-6-12(15)8-16(13)7-10-2-4-11(14)5-3-10;1-3-5(2)4;;;/h4-8,11,21,28H,3,9-10,12H2,1-2H3;4-8,10H,3,9,11H2,1-2H3;3-7,10H,2,8-9,19H2,1H3;3-8H,9H2,1-2H3;2-6,8H,7,15H2,1H3;5H,3H2,1-2H3;1H2;;/p-1. The van der Waals surface area contributed by atoms with Crippen LogP contribution in [0.3, 0.4) is 0 Å². The summed E-state index contributed by atoms with van der Waals surface area (Å²) in [6.07, 6.45) is 7.98. The van der Waals surface area contributed by atoms with Crippen molar-refractivity contribution in [1.82, 2.24) is 22.8 Å². The van der Waals surface area contributed by atoms with Gasteiger partial charge in [-0.15, -0.1) is 0 Å². The molecule has 118 heavy (non-hydrogen) atoms. The zero-order chi connectivity index (χ0) is 85.2. The number of anilines is 3. The van der Waals surface area contributed by atoms with Gasteiger partial charge < -0.3 is 68.4 Å². The van der Waals surface area contributed by atoms with Gasteiger partial charge in [0.25, 0.3) is 0 Å². The van der Waals surface area contributed by atoms with Crippen LogP contribution in [0.2, 0.25) is 0 Å². The summed E-state index contributed by atoms with van der Waals surface area (Å²) in [6, 6.07) is 38.2. The Morgan fingerprint density at radius 2 is 0.610 bits per heavy atom. The summed E-state index contributed by atoms with van der Waals surface area (Å²) >= 11 is 0. The molecule has 6 N–H and O–H groups in total. The number of Topliss-reactive ketones (excluding diaryl/α,β-unsaturated/α-hetero) is 8. The number of ether oxygens (including phenoxy) is 3. The van der Waals surface area contributed by atoms with Crippen molar-refractivity contribution in [3.05, 3.63) is 279 Å². The minimum Gasteiger partial charge on any atom is -0.870 e. The van der Waals surface area contributed by atoms with Gasteiger partial charge in [0.2, 0.25) is 17.3 Å². The molecule has 0 saturated heterocycles. The molecular formula is C84H94F5N8O17P2Y2-. The number of carbonyl (C=O) groups is 11. The number of rotatable bonds is 31. The summed E-state index contributed by atoms with van der Waals surface area (Å²) < 4.78 is 108. The average Bonchev–Trinajstić information content (AvgIpc) is 1.68. The molecule has 0 bridgehead atoms. The molecule has 0 saturated carbocycles. The SMILES string of the molecule is CC(=O)c1cc(C)cn1Cc1ccc(F)cc1.CC(=O)c1cc(N)cn1Cc1ccc(F)cc1.CCOC(=O)C(=O)CC(=O)c1cc(C)cn1Cc1ccc(F)cc1.CCOC(=O)C(=O)CC(=O)c1cc(N)cn1Cc1ccc(F)cc1.CCOC(=O)C(=O)CC(=O)c1cc(NC[PH](C)=O)cn1Cc1ccc(F)cc1.CC[PH](C)=O.[OH-].[Y].[Y]. The van der Waals surface area contributed by atoms with E-state index in [9.17, 15) is 83.8 Å². The van der Waals surface area contributed by atoms with Crippen molar-refractivity contribution >= 4 is 96.8 Å². The molecule has 0 aliphatic rings. The van der Waals surface area contributed by atoms with Gasteiger partial charge in [0.15, 0.2) is 28.9 Å².